The van der Waals surface area contributed by atoms with Gasteiger partial charge >= 0.3 is 12.1 Å². The van der Waals surface area contributed by atoms with E-state index in [0.29, 0.717) is 35.7 Å². The minimum Gasteiger partial charge on any atom is -0.458 e. The molecule has 2 N–H and O–H groups in total. The molecule has 5 rings (SSSR count). The van der Waals surface area contributed by atoms with Crippen molar-refractivity contribution in [1.29, 1.82) is 0 Å². The molecule has 2 aliphatic heterocycles. The summed E-state index contributed by atoms with van der Waals surface area (Å²) in [6.45, 7) is 2.36. The Hall–Kier alpha value is -3.76. The standard InChI is InChI=1S/C25H26N4O6/c1-5-25(33)18-9-20-21-16(11-29(20)22(30)17(18)12-34-23(25)31)15(10-28(3)4)14-8-13(35-24(32)26-2)6-7-19(14)27-21/h6-9,33H,5,10-12H2,1-4H3,(H,26,32)/t25-/m0/s1. The van der Waals surface area contributed by atoms with E-state index in [-0.39, 0.29) is 29.7 Å². The first-order valence-electron chi connectivity index (χ1n) is 11.3. The van der Waals surface area contributed by atoms with Crippen molar-refractivity contribution in [3.8, 4) is 17.1 Å². The average molecular weight is 479 g/mol. The third-order valence-corrected chi connectivity index (χ3v) is 6.67. The monoisotopic (exact) mass is 478 g/mol. The zero-order chi connectivity index (χ0) is 25.1. The van der Waals surface area contributed by atoms with Gasteiger partial charge in [-0.05, 0) is 50.3 Å². The molecule has 2 aliphatic rings. The summed E-state index contributed by atoms with van der Waals surface area (Å²) in [7, 11) is 5.38. The van der Waals surface area contributed by atoms with Gasteiger partial charge < -0.3 is 29.4 Å². The van der Waals surface area contributed by atoms with Crippen LogP contribution in [0.2, 0.25) is 0 Å². The van der Waals surface area contributed by atoms with Crippen molar-refractivity contribution >= 4 is 23.0 Å². The van der Waals surface area contributed by atoms with Crippen molar-refractivity contribution < 1.29 is 24.2 Å². The molecule has 0 radical (unpaired) electrons. The van der Waals surface area contributed by atoms with E-state index in [4.69, 9.17) is 14.5 Å². The van der Waals surface area contributed by atoms with Crippen LogP contribution in [0.4, 0.5) is 4.79 Å². The van der Waals surface area contributed by atoms with Crippen molar-refractivity contribution in [2.24, 2.45) is 0 Å². The Morgan fingerprint density at radius 3 is 2.74 bits per heavy atom. The average Bonchev–Trinajstić information content (AvgIpc) is 3.20. The number of amides is 1. The van der Waals surface area contributed by atoms with Gasteiger partial charge in [0.25, 0.3) is 5.56 Å². The number of cyclic esters (lactones) is 1. The van der Waals surface area contributed by atoms with Crippen LogP contribution < -0.4 is 15.6 Å². The van der Waals surface area contributed by atoms with Crippen molar-refractivity contribution in [3.05, 3.63) is 56.9 Å². The van der Waals surface area contributed by atoms with Crippen LogP contribution >= 0.6 is 0 Å². The third kappa shape index (κ3) is 3.48. The maximum absolute atomic E-state index is 13.5. The molecule has 3 aromatic rings. The predicted octanol–water partition coefficient (Wildman–Crippen LogP) is 1.86. The van der Waals surface area contributed by atoms with Crippen LogP contribution in [-0.2, 0) is 34.8 Å². The van der Waals surface area contributed by atoms with Gasteiger partial charge in [0.2, 0.25) is 0 Å². The lowest BCUT2D eigenvalue weighted by molar-refractivity contribution is -0.172. The van der Waals surface area contributed by atoms with Crippen molar-refractivity contribution in [1.82, 2.24) is 19.8 Å². The minimum absolute atomic E-state index is 0.0831. The number of ether oxygens (including phenoxy) is 2. The molecule has 0 saturated heterocycles. The molecule has 10 heteroatoms. The van der Waals surface area contributed by atoms with E-state index < -0.39 is 17.7 Å². The van der Waals surface area contributed by atoms with E-state index in [2.05, 4.69) is 5.32 Å². The molecular formula is C25H26N4O6. The van der Waals surface area contributed by atoms with Gasteiger partial charge in [-0.1, -0.05) is 6.92 Å². The summed E-state index contributed by atoms with van der Waals surface area (Å²) in [6, 6.07) is 6.91. The maximum Gasteiger partial charge on any atom is 0.412 e. The summed E-state index contributed by atoms with van der Waals surface area (Å²) in [4.78, 5) is 44.5. The van der Waals surface area contributed by atoms with Gasteiger partial charge in [0.1, 0.15) is 12.4 Å². The van der Waals surface area contributed by atoms with Crippen LogP contribution in [0.1, 0.15) is 35.6 Å². The molecule has 1 atom stereocenters. The van der Waals surface area contributed by atoms with Crippen LogP contribution in [0.15, 0.2) is 29.1 Å². The second-order valence-corrected chi connectivity index (χ2v) is 9.08. The van der Waals surface area contributed by atoms with Gasteiger partial charge in [-0.15, -0.1) is 0 Å². The number of fused-ring (bicyclic) bond motifs is 5. The van der Waals surface area contributed by atoms with Crippen LogP contribution in [0.5, 0.6) is 5.75 Å². The van der Waals surface area contributed by atoms with Gasteiger partial charge in [0.05, 0.1) is 29.0 Å². The summed E-state index contributed by atoms with van der Waals surface area (Å²) < 4.78 is 12.1. The smallest absolute Gasteiger partial charge is 0.412 e. The molecule has 182 valence electrons. The second-order valence-electron chi connectivity index (χ2n) is 9.08. The van der Waals surface area contributed by atoms with E-state index in [9.17, 15) is 19.5 Å². The summed E-state index contributed by atoms with van der Waals surface area (Å²) in [6.07, 6.45) is -0.489. The molecule has 0 fully saturated rings. The number of carbonyl (C=O) groups excluding carboxylic acids is 2. The Labute approximate surface area is 201 Å². The van der Waals surface area contributed by atoms with Crippen LogP contribution in [0.25, 0.3) is 22.3 Å². The fourth-order valence-corrected chi connectivity index (χ4v) is 4.86. The van der Waals surface area contributed by atoms with Gasteiger partial charge in [-0.2, -0.15) is 0 Å². The highest BCUT2D eigenvalue weighted by molar-refractivity contribution is 5.90. The number of nitrogens with zero attached hydrogens (tertiary/aromatic N) is 3. The van der Waals surface area contributed by atoms with E-state index in [0.717, 1.165) is 16.5 Å². The quantitative estimate of drug-likeness (QED) is 0.426. The van der Waals surface area contributed by atoms with Gasteiger partial charge in [0.15, 0.2) is 5.60 Å². The summed E-state index contributed by atoms with van der Waals surface area (Å²) in [5.74, 6) is -0.371. The Morgan fingerprint density at radius 2 is 2.06 bits per heavy atom. The van der Waals surface area contributed by atoms with Crippen molar-refractivity contribution in [3.63, 3.8) is 0 Å². The lowest BCUT2D eigenvalue weighted by atomic mass is 9.86. The fraction of sp³-hybridized carbons (Fsp3) is 0.360. The fourth-order valence-electron chi connectivity index (χ4n) is 4.86. The lowest BCUT2D eigenvalue weighted by Gasteiger charge is -2.31. The molecular weight excluding hydrogens is 452 g/mol. The number of esters is 1. The number of hydrogen-bond acceptors (Lipinski definition) is 8. The first-order chi connectivity index (χ1) is 16.7. The highest BCUT2D eigenvalue weighted by Crippen LogP contribution is 2.40. The molecule has 1 amide bonds. The minimum atomic E-state index is -1.87. The van der Waals surface area contributed by atoms with Gasteiger partial charge in [-0.3, -0.25) is 4.79 Å². The van der Waals surface area contributed by atoms with Crippen molar-refractivity contribution in [2.45, 2.75) is 38.6 Å². The molecule has 1 aromatic carbocycles. The zero-order valence-corrected chi connectivity index (χ0v) is 20.0. The largest absolute Gasteiger partial charge is 0.458 e. The normalized spacial score (nSPS) is 18.2. The number of carbonyl (C=O) groups is 2. The predicted molar refractivity (Wildman–Crippen MR) is 127 cm³/mol. The highest BCUT2D eigenvalue weighted by Gasteiger charge is 2.45. The lowest BCUT2D eigenvalue weighted by Crippen LogP contribution is -2.44. The number of nitrogens with one attached hydrogen (secondary N) is 1. The Morgan fingerprint density at radius 1 is 1.29 bits per heavy atom. The molecule has 0 spiro atoms. The van der Waals surface area contributed by atoms with E-state index in [1.807, 2.05) is 19.0 Å². The number of benzene rings is 1. The van der Waals surface area contributed by atoms with Crippen LogP contribution in [0.3, 0.4) is 0 Å². The molecule has 0 aliphatic carbocycles. The number of rotatable bonds is 4. The Balaban J connectivity index is 1.75. The SMILES string of the molecule is CC[C@@]1(O)C(=O)OCc2c1cc1n(c2=O)Cc2c-1nc1ccc(OC(=O)NC)cc1c2CN(C)C. The van der Waals surface area contributed by atoms with Crippen LogP contribution in [-0.4, -0.2) is 52.8 Å². The van der Waals surface area contributed by atoms with E-state index in [1.54, 1.807) is 35.8 Å². The molecule has 0 bridgehead atoms. The first kappa shape index (κ1) is 23.0. The Bertz CT molecular complexity index is 1460. The molecule has 0 saturated carbocycles. The zero-order valence-electron chi connectivity index (χ0n) is 20.0. The summed E-state index contributed by atoms with van der Waals surface area (Å²) >= 11 is 0. The summed E-state index contributed by atoms with van der Waals surface area (Å²) in [5.41, 5.74) is 2.07. The maximum atomic E-state index is 13.5. The van der Waals surface area contributed by atoms with Gasteiger partial charge in [0, 0.05) is 30.1 Å². The highest BCUT2D eigenvalue weighted by atomic mass is 16.6. The van der Waals surface area contributed by atoms with Crippen molar-refractivity contribution in [2.75, 3.05) is 21.1 Å². The number of aliphatic hydroxyl groups is 1. The van der Waals surface area contributed by atoms with Gasteiger partial charge in [-0.25, -0.2) is 14.6 Å². The molecule has 2 aromatic heterocycles. The molecule has 0 unspecified atom stereocenters. The second kappa shape index (κ2) is 8.17. The first-order valence-corrected chi connectivity index (χ1v) is 11.3. The number of pyridine rings is 2. The number of hydrogen-bond donors (Lipinski definition) is 2. The van der Waals surface area contributed by atoms with Crippen LogP contribution in [0, 0.1) is 0 Å². The molecule has 35 heavy (non-hydrogen) atoms. The molecule has 10 nitrogen and oxygen atoms in total. The topological polar surface area (TPSA) is 123 Å². The summed E-state index contributed by atoms with van der Waals surface area (Å²) in [5, 5.41) is 14.3. The van der Waals surface area contributed by atoms with E-state index >= 15 is 0 Å². The third-order valence-electron chi connectivity index (χ3n) is 6.67. The Kier molecular flexibility index (Phi) is 5.37. The molecule has 4 heterocycles. The number of aromatic nitrogens is 2. The van der Waals surface area contributed by atoms with E-state index in [1.165, 1.54) is 7.05 Å².